The van der Waals surface area contributed by atoms with Crippen LogP contribution in [-0.4, -0.2) is 11.7 Å². The Kier molecular flexibility index (Phi) is 3.51. The summed E-state index contributed by atoms with van der Waals surface area (Å²) in [5, 5.41) is 0. The number of hydrogen-bond acceptors (Lipinski definition) is 2. The molecule has 1 aromatic carbocycles. The number of benzene rings is 1. The van der Waals surface area contributed by atoms with Crippen molar-refractivity contribution in [3.8, 4) is 17.0 Å². The van der Waals surface area contributed by atoms with Crippen molar-refractivity contribution in [1.29, 1.82) is 0 Å². The van der Waals surface area contributed by atoms with Crippen LogP contribution >= 0.6 is 22.6 Å². The summed E-state index contributed by atoms with van der Waals surface area (Å²) in [5.74, 6) is 0.810. The van der Waals surface area contributed by atoms with E-state index in [0.29, 0.717) is 0 Å². The molecule has 0 aliphatic rings. The van der Waals surface area contributed by atoms with Gasteiger partial charge in [0.1, 0.15) is 5.75 Å². The molecular weight excluding hydrogens is 329 g/mol. The Morgan fingerprint density at radius 3 is 2.35 bits per heavy atom. The molecule has 0 unspecified atom stereocenters. The molecule has 4 heteroatoms. The highest BCUT2D eigenvalue weighted by molar-refractivity contribution is 14.1. The second-order valence-corrected chi connectivity index (χ2v) is 4.82. The lowest BCUT2D eigenvalue weighted by atomic mass is 10.1. The van der Waals surface area contributed by atoms with Gasteiger partial charge in [-0.2, -0.15) is 0 Å². The van der Waals surface area contributed by atoms with Crippen molar-refractivity contribution in [2.24, 2.45) is 7.05 Å². The molecule has 2 aromatic rings. The quantitative estimate of drug-likeness (QED) is 0.787. The fourth-order valence-electron chi connectivity index (χ4n) is 1.66. The van der Waals surface area contributed by atoms with Crippen LogP contribution in [0.5, 0.6) is 5.75 Å². The van der Waals surface area contributed by atoms with E-state index in [9.17, 15) is 4.79 Å². The van der Waals surface area contributed by atoms with Gasteiger partial charge in [-0.1, -0.05) is 0 Å². The van der Waals surface area contributed by atoms with E-state index in [1.807, 2.05) is 59.0 Å². The lowest BCUT2D eigenvalue weighted by Crippen LogP contribution is -2.20. The molecule has 88 valence electrons. The van der Waals surface area contributed by atoms with Crippen LogP contribution in [0.15, 0.2) is 41.2 Å². The third-order valence-corrected chi connectivity index (χ3v) is 3.46. The highest BCUT2D eigenvalue weighted by Gasteiger charge is 2.05. The molecule has 0 radical (unpaired) electrons. The Morgan fingerprint density at radius 2 is 1.76 bits per heavy atom. The second-order valence-electron chi connectivity index (χ2n) is 3.66. The Hall–Kier alpha value is -1.30. The van der Waals surface area contributed by atoms with Crippen LogP contribution in [0, 0.1) is 3.57 Å². The summed E-state index contributed by atoms with van der Waals surface area (Å²) in [6.45, 7) is 0. The summed E-state index contributed by atoms with van der Waals surface area (Å²) in [7, 11) is 3.42. The van der Waals surface area contributed by atoms with Gasteiger partial charge in [-0.05, 0) is 64.6 Å². The molecule has 17 heavy (non-hydrogen) atoms. The van der Waals surface area contributed by atoms with E-state index in [1.165, 1.54) is 0 Å². The largest absolute Gasteiger partial charge is 0.497 e. The third kappa shape index (κ3) is 2.36. The smallest absolute Gasteiger partial charge is 0.264 e. The molecule has 3 nitrogen and oxygen atoms in total. The standard InChI is InChI=1S/C13H12INO2/c1-15-12(8-7-11(14)13(15)16)9-3-5-10(17-2)6-4-9/h3-8H,1-2H3. The number of methoxy groups -OCH3 is 1. The van der Waals surface area contributed by atoms with Crippen molar-refractivity contribution in [2.45, 2.75) is 0 Å². The predicted octanol–water partition coefficient (Wildman–Crippen LogP) is 2.67. The van der Waals surface area contributed by atoms with Gasteiger partial charge in [0.2, 0.25) is 0 Å². The lowest BCUT2D eigenvalue weighted by molar-refractivity contribution is 0.415. The molecule has 0 N–H and O–H groups in total. The number of rotatable bonds is 2. The average molecular weight is 341 g/mol. The van der Waals surface area contributed by atoms with Gasteiger partial charge in [-0.3, -0.25) is 4.79 Å². The first-order valence-corrected chi connectivity index (χ1v) is 6.21. The van der Waals surface area contributed by atoms with Crippen LogP contribution in [0.4, 0.5) is 0 Å². The van der Waals surface area contributed by atoms with Crippen LogP contribution in [0.3, 0.4) is 0 Å². The second kappa shape index (κ2) is 4.91. The Labute approximate surface area is 113 Å². The van der Waals surface area contributed by atoms with E-state index in [2.05, 4.69) is 0 Å². The van der Waals surface area contributed by atoms with Crippen molar-refractivity contribution in [3.05, 3.63) is 50.3 Å². The Bertz CT molecular complexity index is 587. The summed E-state index contributed by atoms with van der Waals surface area (Å²) in [4.78, 5) is 11.8. The maximum atomic E-state index is 11.8. The van der Waals surface area contributed by atoms with Gasteiger partial charge < -0.3 is 9.30 Å². The average Bonchev–Trinajstić information content (AvgIpc) is 2.36. The molecule has 0 fully saturated rings. The first-order chi connectivity index (χ1) is 8.13. The zero-order valence-corrected chi connectivity index (χ0v) is 11.8. The van der Waals surface area contributed by atoms with Gasteiger partial charge in [-0.25, -0.2) is 0 Å². The van der Waals surface area contributed by atoms with E-state index in [0.717, 1.165) is 20.6 Å². The molecule has 0 saturated heterocycles. The minimum atomic E-state index is 0.0268. The molecule has 0 amide bonds. The fraction of sp³-hybridized carbons (Fsp3) is 0.154. The summed E-state index contributed by atoms with van der Waals surface area (Å²) in [5.41, 5.74) is 1.93. The van der Waals surface area contributed by atoms with E-state index in [-0.39, 0.29) is 5.56 Å². The van der Waals surface area contributed by atoms with Crippen molar-refractivity contribution < 1.29 is 4.74 Å². The van der Waals surface area contributed by atoms with Crippen LogP contribution < -0.4 is 10.3 Å². The minimum absolute atomic E-state index is 0.0268. The van der Waals surface area contributed by atoms with Crippen LogP contribution in [-0.2, 0) is 7.05 Å². The summed E-state index contributed by atoms with van der Waals surface area (Å²) < 4.78 is 7.49. The maximum absolute atomic E-state index is 11.8. The van der Waals surface area contributed by atoms with Crippen molar-refractivity contribution in [1.82, 2.24) is 4.57 Å². The van der Waals surface area contributed by atoms with Crippen LogP contribution in [0.1, 0.15) is 0 Å². The van der Waals surface area contributed by atoms with Crippen molar-refractivity contribution in [2.75, 3.05) is 7.11 Å². The Morgan fingerprint density at radius 1 is 1.12 bits per heavy atom. The molecule has 2 rings (SSSR count). The first kappa shape index (κ1) is 12.2. The molecule has 0 spiro atoms. The van der Waals surface area contributed by atoms with Gasteiger partial charge in [0, 0.05) is 7.05 Å². The maximum Gasteiger partial charge on any atom is 0.264 e. The summed E-state index contributed by atoms with van der Waals surface area (Å²) in [6.07, 6.45) is 0. The molecule has 0 aliphatic heterocycles. The van der Waals surface area contributed by atoms with Gasteiger partial charge in [0.25, 0.3) is 5.56 Å². The predicted molar refractivity (Wildman–Crippen MR) is 76.4 cm³/mol. The Balaban J connectivity index is 2.53. The number of halogens is 1. The normalized spacial score (nSPS) is 10.3. The zero-order valence-electron chi connectivity index (χ0n) is 9.61. The fourth-order valence-corrected chi connectivity index (χ4v) is 2.20. The summed E-state index contributed by atoms with van der Waals surface area (Å²) in [6, 6.07) is 11.4. The zero-order chi connectivity index (χ0) is 12.4. The van der Waals surface area contributed by atoms with Crippen molar-refractivity contribution in [3.63, 3.8) is 0 Å². The number of nitrogens with zero attached hydrogens (tertiary/aromatic N) is 1. The SMILES string of the molecule is COc1ccc(-c2ccc(I)c(=O)n2C)cc1. The number of ether oxygens (including phenoxy) is 1. The topological polar surface area (TPSA) is 31.2 Å². The van der Waals surface area contributed by atoms with Gasteiger partial charge >= 0.3 is 0 Å². The highest BCUT2D eigenvalue weighted by Crippen LogP contribution is 2.21. The third-order valence-electron chi connectivity index (χ3n) is 2.64. The minimum Gasteiger partial charge on any atom is -0.497 e. The van der Waals surface area contributed by atoms with E-state index in [4.69, 9.17) is 4.74 Å². The molecule has 0 saturated carbocycles. The van der Waals surface area contributed by atoms with E-state index >= 15 is 0 Å². The highest BCUT2D eigenvalue weighted by atomic mass is 127. The van der Waals surface area contributed by atoms with Crippen LogP contribution in [0.2, 0.25) is 0 Å². The lowest BCUT2D eigenvalue weighted by Gasteiger charge is -2.09. The van der Waals surface area contributed by atoms with Gasteiger partial charge in [0.15, 0.2) is 0 Å². The van der Waals surface area contributed by atoms with Gasteiger partial charge in [-0.15, -0.1) is 0 Å². The first-order valence-electron chi connectivity index (χ1n) is 5.13. The summed E-state index contributed by atoms with van der Waals surface area (Å²) >= 11 is 2.04. The molecule has 1 aromatic heterocycles. The van der Waals surface area contributed by atoms with Crippen molar-refractivity contribution >= 4 is 22.6 Å². The molecule has 0 aliphatic carbocycles. The number of aromatic nitrogens is 1. The van der Waals surface area contributed by atoms with Gasteiger partial charge in [0.05, 0.1) is 16.4 Å². The van der Waals surface area contributed by atoms with E-state index in [1.54, 1.807) is 18.7 Å². The van der Waals surface area contributed by atoms with Crippen LogP contribution in [0.25, 0.3) is 11.3 Å². The molecular formula is C13H12INO2. The molecule has 1 heterocycles. The number of pyridine rings is 1. The number of hydrogen-bond donors (Lipinski definition) is 0. The molecule has 0 atom stereocenters. The monoisotopic (exact) mass is 341 g/mol. The molecule has 0 bridgehead atoms. The van der Waals surface area contributed by atoms with E-state index < -0.39 is 0 Å².